The van der Waals surface area contributed by atoms with E-state index in [9.17, 15) is 9.18 Å². The lowest BCUT2D eigenvalue weighted by atomic mass is 9.97. The molecule has 2 rings (SSSR count). The fourth-order valence-corrected chi connectivity index (χ4v) is 1.95. The first kappa shape index (κ1) is 10.4. The van der Waals surface area contributed by atoms with Crippen LogP contribution in [0, 0.1) is 5.82 Å². The summed E-state index contributed by atoms with van der Waals surface area (Å²) in [6.45, 7) is 0.409. The largest absolute Gasteiger partial charge is 0.330 e. The van der Waals surface area contributed by atoms with Gasteiger partial charge >= 0.3 is 0 Å². The highest BCUT2D eigenvalue weighted by atomic mass is 35.5. The molecule has 1 amide bonds. The fourth-order valence-electron chi connectivity index (χ4n) is 1.77. The van der Waals surface area contributed by atoms with Crippen molar-refractivity contribution in [2.24, 2.45) is 5.73 Å². The van der Waals surface area contributed by atoms with Crippen molar-refractivity contribution in [3.05, 3.63) is 28.5 Å². The van der Waals surface area contributed by atoms with E-state index in [-0.39, 0.29) is 16.8 Å². The lowest BCUT2D eigenvalue weighted by molar-refractivity contribution is -0.117. The van der Waals surface area contributed by atoms with Gasteiger partial charge in [0.05, 0.1) is 10.9 Å². The molecule has 0 bridgehead atoms. The van der Waals surface area contributed by atoms with Crippen LogP contribution >= 0.6 is 11.6 Å². The molecule has 1 heterocycles. The molecule has 5 heteroatoms. The summed E-state index contributed by atoms with van der Waals surface area (Å²) in [6.07, 6.45) is 0.542. The van der Waals surface area contributed by atoms with Crippen molar-refractivity contribution >= 4 is 23.2 Å². The minimum absolute atomic E-state index is 0.0345. The van der Waals surface area contributed by atoms with Crippen molar-refractivity contribution in [1.82, 2.24) is 0 Å². The molecule has 1 unspecified atom stereocenters. The van der Waals surface area contributed by atoms with Gasteiger partial charge in [0.2, 0.25) is 5.91 Å². The highest BCUT2D eigenvalue weighted by molar-refractivity contribution is 6.31. The molecule has 1 aromatic rings. The number of amides is 1. The number of hydrogen-bond donors (Lipinski definition) is 2. The SMILES string of the molecule is NCCC1C(=O)Nc2cc(F)c(Cl)cc21. The minimum atomic E-state index is -0.524. The number of anilines is 1. The van der Waals surface area contributed by atoms with E-state index in [4.69, 9.17) is 17.3 Å². The van der Waals surface area contributed by atoms with Crippen molar-refractivity contribution in [1.29, 1.82) is 0 Å². The Kier molecular flexibility index (Phi) is 2.63. The molecular formula is C10H10ClFN2O. The summed E-state index contributed by atoms with van der Waals surface area (Å²) in [7, 11) is 0. The third-order valence-electron chi connectivity index (χ3n) is 2.50. The second kappa shape index (κ2) is 3.79. The maximum absolute atomic E-state index is 13.1. The Hall–Kier alpha value is -1.13. The van der Waals surface area contributed by atoms with Crippen molar-refractivity contribution in [2.45, 2.75) is 12.3 Å². The van der Waals surface area contributed by atoms with Crippen molar-refractivity contribution in [3.8, 4) is 0 Å². The van der Waals surface area contributed by atoms with E-state index in [2.05, 4.69) is 5.32 Å². The van der Waals surface area contributed by atoms with Gasteiger partial charge < -0.3 is 11.1 Å². The number of nitrogens with two attached hydrogens (primary N) is 1. The number of carbonyl (C=O) groups is 1. The van der Waals surface area contributed by atoms with Gasteiger partial charge in [-0.05, 0) is 30.7 Å². The second-order valence-electron chi connectivity index (χ2n) is 3.47. The van der Waals surface area contributed by atoms with Gasteiger partial charge in [-0.3, -0.25) is 4.79 Å². The molecule has 3 N–H and O–H groups in total. The van der Waals surface area contributed by atoms with E-state index in [1.54, 1.807) is 0 Å². The van der Waals surface area contributed by atoms with Crippen LogP contribution in [0.1, 0.15) is 17.9 Å². The molecule has 0 fully saturated rings. The van der Waals surface area contributed by atoms with Gasteiger partial charge in [0, 0.05) is 5.69 Å². The average molecular weight is 229 g/mol. The maximum atomic E-state index is 13.1. The summed E-state index contributed by atoms with van der Waals surface area (Å²) in [5.74, 6) is -0.968. The Labute approximate surface area is 91.4 Å². The van der Waals surface area contributed by atoms with E-state index in [0.29, 0.717) is 18.7 Å². The monoisotopic (exact) mass is 228 g/mol. The Morgan fingerprint density at radius 3 is 2.93 bits per heavy atom. The van der Waals surface area contributed by atoms with Crippen LogP contribution in [0.4, 0.5) is 10.1 Å². The van der Waals surface area contributed by atoms with Crippen LogP contribution in [0.3, 0.4) is 0 Å². The van der Waals surface area contributed by atoms with Crippen molar-refractivity contribution in [3.63, 3.8) is 0 Å². The molecule has 0 aromatic heterocycles. The second-order valence-corrected chi connectivity index (χ2v) is 3.88. The van der Waals surface area contributed by atoms with Gasteiger partial charge in [0.1, 0.15) is 5.82 Å². The molecule has 0 aliphatic carbocycles. The average Bonchev–Trinajstić information content (AvgIpc) is 2.46. The van der Waals surface area contributed by atoms with Crippen LogP contribution < -0.4 is 11.1 Å². The molecule has 0 saturated carbocycles. The van der Waals surface area contributed by atoms with Crippen molar-refractivity contribution < 1.29 is 9.18 Å². The summed E-state index contributed by atoms with van der Waals surface area (Å²) in [4.78, 5) is 11.5. The number of halogens is 2. The van der Waals surface area contributed by atoms with Gasteiger partial charge in [0.25, 0.3) is 0 Å². The van der Waals surface area contributed by atoms with E-state index in [0.717, 1.165) is 5.56 Å². The first-order valence-corrected chi connectivity index (χ1v) is 5.01. The standard InChI is InChI=1S/C10H10ClFN2O/c11-7-3-6-5(1-2-13)10(15)14-9(6)4-8(7)12/h3-5H,1-2,13H2,(H,14,15). The first-order valence-electron chi connectivity index (χ1n) is 4.63. The minimum Gasteiger partial charge on any atom is -0.330 e. The Bertz CT molecular complexity index is 422. The van der Waals surface area contributed by atoms with Gasteiger partial charge in [-0.2, -0.15) is 0 Å². The lowest BCUT2D eigenvalue weighted by Gasteiger charge is -2.06. The summed E-state index contributed by atoms with van der Waals surface area (Å²) in [5.41, 5.74) is 6.64. The van der Waals surface area contributed by atoms with Crippen LogP contribution in [0.15, 0.2) is 12.1 Å². The number of carbonyl (C=O) groups excluding carboxylic acids is 1. The number of hydrogen-bond acceptors (Lipinski definition) is 2. The highest BCUT2D eigenvalue weighted by Gasteiger charge is 2.30. The topological polar surface area (TPSA) is 55.1 Å². The summed E-state index contributed by atoms with van der Waals surface area (Å²) in [5, 5.41) is 2.64. The zero-order valence-electron chi connectivity index (χ0n) is 7.89. The smallest absolute Gasteiger partial charge is 0.232 e. The number of benzene rings is 1. The van der Waals surface area contributed by atoms with Crippen LogP contribution in [0.25, 0.3) is 0 Å². The van der Waals surface area contributed by atoms with E-state index in [1.165, 1.54) is 12.1 Å². The van der Waals surface area contributed by atoms with Gasteiger partial charge in [0.15, 0.2) is 0 Å². The number of rotatable bonds is 2. The summed E-state index contributed by atoms with van der Waals surface area (Å²) in [6, 6.07) is 2.73. The molecule has 0 radical (unpaired) electrons. The third-order valence-corrected chi connectivity index (χ3v) is 2.79. The highest BCUT2D eigenvalue weighted by Crippen LogP contribution is 2.37. The normalized spacial score (nSPS) is 18.9. The first-order chi connectivity index (χ1) is 7.13. The van der Waals surface area contributed by atoms with Crippen LogP contribution in [-0.4, -0.2) is 12.5 Å². The van der Waals surface area contributed by atoms with Crippen LogP contribution in [-0.2, 0) is 4.79 Å². The molecule has 1 aromatic carbocycles. The van der Waals surface area contributed by atoms with Crippen LogP contribution in [0.5, 0.6) is 0 Å². The Morgan fingerprint density at radius 2 is 2.27 bits per heavy atom. The van der Waals surface area contributed by atoms with Gasteiger partial charge in [-0.25, -0.2) is 4.39 Å². The molecule has 1 aliphatic heterocycles. The van der Waals surface area contributed by atoms with E-state index in [1.807, 2.05) is 0 Å². The number of nitrogens with one attached hydrogen (secondary N) is 1. The molecule has 15 heavy (non-hydrogen) atoms. The molecule has 1 aliphatic rings. The zero-order chi connectivity index (χ0) is 11.0. The Balaban J connectivity index is 2.44. The maximum Gasteiger partial charge on any atom is 0.232 e. The number of fused-ring (bicyclic) bond motifs is 1. The van der Waals surface area contributed by atoms with E-state index >= 15 is 0 Å². The van der Waals surface area contributed by atoms with Gasteiger partial charge in [-0.15, -0.1) is 0 Å². The third kappa shape index (κ3) is 1.70. The lowest BCUT2D eigenvalue weighted by Crippen LogP contribution is -2.15. The van der Waals surface area contributed by atoms with E-state index < -0.39 is 5.82 Å². The predicted octanol–water partition coefficient (Wildman–Crippen LogP) is 1.86. The summed E-state index contributed by atoms with van der Waals surface area (Å²) < 4.78 is 13.1. The molecular weight excluding hydrogens is 219 g/mol. The van der Waals surface area contributed by atoms with Gasteiger partial charge in [-0.1, -0.05) is 11.6 Å². The predicted molar refractivity (Wildman–Crippen MR) is 56.5 cm³/mol. The molecule has 0 spiro atoms. The molecule has 0 saturated heterocycles. The Morgan fingerprint density at radius 1 is 1.53 bits per heavy atom. The molecule has 80 valence electrons. The zero-order valence-corrected chi connectivity index (χ0v) is 8.64. The molecule has 3 nitrogen and oxygen atoms in total. The van der Waals surface area contributed by atoms with Crippen LogP contribution in [0.2, 0.25) is 5.02 Å². The molecule has 1 atom stereocenters. The van der Waals surface area contributed by atoms with Crippen molar-refractivity contribution in [2.75, 3.05) is 11.9 Å². The quantitative estimate of drug-likeness (QED) is 0.812. The summed E-state index contributed by atoms with van der Waals surface area (Å²) >= 11 is 5.66. The fraction of sp³-hybridized carbons (Fsp3) is 0.300.